The second kappa shape index (κ2) is 8.44. The molecule has 0 spiro atoms. The minimum Gasteiger partial charge on any atom is -0.394 e. The summed E-state index contributed by atoms with van der Waals surface area (Å²) in [5, 5.41) is 66.3. The van der Waals surface area contributed by atoms with Crippen LogP contribution in [0.15, 0.2) is 12.4 Å². The molecule has 0 saturated heterocycles. The molecule has 0 radical (unpaired) electrons. The minimum atomic E-state index is -1.65. The van der Waals surface area contributed by atoms with Crippen molar-refractivity contribution in [3.05, 3.63) is 23.8 Å². The molecule has 0 aliphatic heterocycles. The van der Waals surface area contributed by atoms with E-state index in [1.165, 1.54) is 0 Å². The van der Waals surface area contributed by atoms with Gasteiger partial charge in [0.05, 0.1) is 36.5 Å². The highest BCUT2D eigenvalue weighted by molar-refractivity contribution is 5.10. The fourth-order valence-corrected chi connectivity index (χ4v) is 1.77. The zero-order valence-electron chi connectivity index (χ0n) is 12.1. The van der Waals surface area contributed by atoms with E-state index >= 15 is 0 Å². The SMILES string of the molecule is CCC(O)C(O)C(O)c1cnc(C(O)C(O)C(O)CO)cn1. The van der Waals surface area contributed by atoms with Gasteiger partial charge in [0.2, 0.25) is 0 Å². The van der Waals surface area contributed by atoms with Crippen molar-refractivity contribution in [3.63, 3.8) is 0 Å². The summed E-state index contributed by atoms with van der Waals surface area (Å²) in [5.74, 6) is 0. The summed E-state index contributed by atoms with van der Waals surface area (Å²) < 4.78 is 0. The number of aliphatic hydroxyl groups is 7. The first-order valence-electron chi connectivity index (χ1n) is 6.84. The van der Waals surface area contributed by atoms with Crippen LogP contribution < -0.4 is 0 Å². The predicted octanol–water partition coefficient (Wildman–Crippen LogP) is -2.61. The van der Waals surface area contributed by atoms with Gasteiger partial charge in [-0.15, -0.1) is 0 Å². The van der Waals surface area contributed by atoms with Gasteiger partial charge >= 0.3 is 0 Å². The van der Waals surface area contributed by atoms with E-state index in [1.54, 1.807) is 6.92 Å². The third kappa shape index (κ3) is 4.40. The van der Waals surface area contributed by atoms with Crippen molar-refractivity contribution < 1.29 is 35.7 Å². The van der Waals surface area contributed by atoms with E-state index in [1.807, 2.05) is 0 Å². The molecule has 0 aliphatic rings. The van der Waals surface area contributed by atoms with Gasteiger partial charge in [0.25, 0.3) is 0 Å². The highest BCUT2D eigenvalue weighted by atomic mass is 16.4. The van der Waals surface area contributed by atoms with E-state index in [4.69, 9.17) is 5.11 Å². The Labute approximate surface area is 127 Å². The first-order valence-corrected chi connectivity index (χ1v) is 6.84. The quantitative estimate of drug-likeness (QED) is 0.271. The van der Waals surface area contributed by atoms with E-state index in [0.29, 0.717) is 0 Å². The molecular formula is C13H22N2O7. The van der Waals surface area contributed by atoms with Crippen LogP contribution in [0.25, 0.3) is 0 Å². The van der Waals surface area contributed by atoms with Crippen LogP contribution in [0.4, 0.5) is 0 Å². The van der Waals surface area contributed by atoms with Crippen molar-refractivity contribution in [3.8, 4) is 0 Å². The van der Waals surface area contributed by atoms with Crippen LogP contribution in [0.2, 0.25) is 0 Å². The van der Waals surface area contributed by atoms with Crippen molar-refractivity contribution in [2.45, 2.75) is 50.0 Å². The van der Waals surface area contributed by atoms with E-state index in [9.17, 15) is 30.6 Å². The second-order valence-electron chi connectivity index (χ2n) is 4.96. The normalized spacial score (nSPS) is 20.0. The highest BCUT2D eigenvalue weighted by Crippen LogP contribution is 2.20. The lowest BCUT2D eigenvalue weighted by molar-refractivity contribution is -0.0792. The Morgan fingerprint density at radius 3 is 1.55 bits per heavy atom. The fraction of sp³-hybridized carbons (Fsp3) is 0.692. The van der Waals surface area contributed by atoms with Gasteiger partial charge in [0.1, 0.15) is 30.5 Å². The average Bonchev–Trinajstić information content (AvgIpc) is 2.57. The molecule has 6 atom stereocenters. The molecule has 1 rings (SSSR count). The molecule has 0 fully saturated rings. The molecule has 0 amide bonds. The Kier molecular flexibility index (Phi) is 7.23. The van der Waals surface area contributed by atoms with E-state index in [2.05, 4.69) is 9.97 Å². The maximum absolute atomic E-state index is 9.86. The molecule has 7 N–H and O–H groups in total. The van der Waals surface area contributed by atoms with E-state index in [-0.39, 0.29) is 17.8 Å². The third-order valence-corrected chi connectivity index (χ3v) is 3.34. The number of hydrogen-bond donors (Lipinski definition) is 7. The Morgan fingerprint density at radius 2 is 1.23 bits per heavy atom. The molecule has 0 saturated carbocycles. The monoisotopic (exact) mass is 318 g/mol. The molecular weight excluding hydrogens is 296 g/mol. The van der Waals surface area contributed by atoms with Gasteiger partial charge in [0.15, 0.2) is 0 Å². The lowest BCUT2D eigenvalue weighted by Crippen LogP contribution is -2.35. The fourth-order valence-electron chi connectivity index (χ4n) is 1.77. The second-order valence-corrected chi connectivity index (χ2v) is 4.96. The average molecular weight is 318 g/mol. The summed E-state index contributed by atoms with van der Waals surface area (Å²) in [4.78, 5) is 7.59. The van der Waals surface area contributed by atoms with Gasteiger partial charge in [-0.3, -0.25) is 9.97 Å². The van der Waals surface area contributed by atoms with Crippen molar-refractivity contribution >= 4 is 0 Å². The van der Waals surface area contributed by atoms with E-state index < -0.39 is 43.2 Å². The lowest BCUT2D eigenvalue weighted by Gasteiger charge is -2.23. The molecule has 0 bridgehead atoms. The zero-order chi connectivity index (χ0) is 16.9. The van der Waals surface area contributed by atoms with Crippen LogP contribution in [0.1, 0.15) is 36.9 Å². The summed E-state index contributed by atoms with van der Waals surface area (Å²) >= 11 is 0. The first-order chi connectivity index (χ1) is 10.3. The molecule has 1 aromatic rings. The summed E-state index contributed by atoms with van der Waals surface area (Å²) in [6.07, 6.45) is -6.40. The summed E-state index contributed by atoms with van der Waals surface area (Å²) in [6, 6.07) is 0. The number of hydrogen-bond acceptors (Lipinski definition) is 9. The number of rotatable bonds is 8. The summed E-state index contributed by atoms with van der Waals surface area (Å²) in [7, 11) is 0. The molecule has 6 unspecified atom stereocenters. The van der Waals surface area contributed by atoms with Crippen LogP contribution >= 0.6 is 0 Å². The molecule has 22 heavy (non-hydrogen) atoms. The van der Waals surface area contributed by atoms with Crippen LogP contribution in [0.3, 0.4) is 0 Å². The summed E-state index contributed by atoms with van der Waals surface area (Å²) in [6.45, 7) is 0.906. The lowest BCUT2D eigenvalue weighted by atomic mass is 10.0. The number of nitrogens with zero attached hydrogens (tertiary/aromatic N) is 2. The Bertz CT molecular complexity index is 404. The number of aromatic nitrogens is 2. The third-order valence-electron chi connectivity index (χ3n) is 3.34. The summed E-state index contributed by atoms with van der Waals surface area (Å²) in [5.41, 5.74) is -0.102. The molecule has 0 aromatic carbocycles. The molecule has 1 heterocycles. The van der Waals surface area contributed by atoms with Crippen LogP contribution in [0.5, 0.6) is 0 Å². The van der Waals surface area contributed by atoms with Gasteiger partial charge < -0.3 is 35.7 Å². The van der Waals surface area contributed by atoms with E-state index in [0.717, 1.165) is 12.4 Å². The van der Waals surface area contributed by atoms with Crippen LogP contribution in [0, 0.1) is 0 Å². The van der Waals surface area contributed by atoms with Crippen LogP contribution in [-0.4, -0.2) is 76.7 Å². The van der Waals surface area contributed by atoms with Crippen molar-refractivity contribution in [1.29, 1.82) is 0 Å². The van der Waals surface area contributed by atoms with Crippen LogP contribution in [-0.2, 0) is 0 Å². The maximum Gasteiger partial charge on any atom is 0.126 e. The topological polar surface area (TPSA) is 167 Å². The number of aliphatic hydroxyl groups excluding tert-OH is 7. The Morgan fingerprint density at radius 1 is 0.818 bits per heavy atom. The largest absolute Gasteiger partial charge is 0.394 e. The van der Waals surface area contributed by atoms with Crippen molar-refractivity contribution in [1.82, 2.24) is 9.97 Å². The highest BCUT2D eigenvalue weighted by Gasteiger charge is 2.29. The van der Waals surface area contributed by atoms with Gasteiger partial charge in [0, 0.05) is 0 Å². The van der Waals surface area contributed by atoms with Gasteiger partial charge in [-0.05, 0) is 6.42 Å². The Hall–Kier alpha value is -1.20. The Balaban J connectivity index is 2.82. The molecule has 9 heteroatoms. The van der Waals surface area contributed by atoms with Crippen molar-refractivity contribution in [2.24, 2.45) is 0 Å². The maximum atomic E-state index is 9.86. The minimum absolute atomic E-state index is 0.0202. The van der Waals surface area contributed by atoms with Gasteiger partial charge in [-0.1, -0.05) is 6.92 Å². The zero-order valence-corrected chi connectivity index (χ0v) is 12.1. The van der Waals surface area contributed by atoms with Gasteiger partial charge in [-0.25, -0.2) is 0 Å². The molecule has 1 aromatic heterocycles. The molecule has 0 aliphatic carbocycles. The molecule has 126 valence electrons. The molecule has 9 nitrogen and oxygen atoms in total. The predicted molar refractivity (Wildman–Crippen MR) is 73.4 cm³/mol. The van der Waals surface area contributed by atoms with Gasteiger partial charge in [-0.2, -0.15) is 0 Å². The van der Waals surface area contributed by atoms with Crippen molar-refractivity contribution in [2.75, 3.05) is 6.61 Å². The smallest absolute Gasteiger partial charge is 0.126 e. The first kappa shape index (κ1) is 18.8. The standard InChI is InChI=1S/C13H22N2O7/c1-2-8(17)12(21)10(19)6-3-15-7(4-14-6)11(20)13(22)9(18)5-16/h3-4,8-13,16-22H,2,5H2,1H3.